The maximum Gasteiger partial charge on any atom is 0.323 e. The number of hydrogen-bond acceptors (Lipinski definition) is 4. The predicted octanol–water partition coefficient (Wildman–Crippen LogP) is 2.36. The summed E-state index contributed by atoms with van der Waals surface area (Å²) in [7, 11) is 0. The molecule has 1 aromatic carbocycles. The van der Waals surface area contributed by atoms with Gasteiger partial charge in [-0.3, -0.25) is 19.3 Å². The molecule has 2 aromatic rings. The Morgan fingerprint density at radius 3 is 2.50 bits per heavy atom. The van der Waals surface area contributed by atoms with Crippen molar-refractivity contribution >= 4 is 40.8 Å². The fourth-order valence-corrected chi connectivity index (χ4v) is 2.96. The zero-order valence-corrected chi connectivity index (χ0v) is 12.2. The topological polar surface area (TPSA) is 74.7 Å². The van der Waals surface area contributed by atoms with Gasteiger partial charge in [0.2, 0.25) is 0 Å². The van der Waals surface area contributed by atoms with Crippen LogP contribution in [0.4, 0.5) is 0 Å². The molecular weight excluding hydrogens is 302 g/mol. The molecule has 0 saturated heterocycles. The van der Waals surface area contributed by atoms with Gasteiger partial charge in [-0.25, -0.2) is 0 Å². The van der Waals surface area contributed by atoms with E-state index in [0.717, 1.165) is 10.5 Å². The molecule has 2 amide bonds. The van der Waals surface area contributed by atoms with Crippen molar-refractivity contribution in [2.45, 2.75) is 0 Å². The number of carbonyl (C=O) groups is 3. The lowest BCUT2D eigenvalue weighted by Gasteiger charge is -2.27. The average Bonchev–Trinajstić information content (AvgIpc) is 3.01. The molecule has 0 unspecified atom stereocenters. The number of carbonyl (C=O) groups excluding carboxylic acids is 2. The number of thiophene rings is 1. The molecule has 0 spiro atoms. The van der Waals surface area contributed by atoms with Crippen LogP contribution in [0, 0.1) is 0 Å². The largest absolute Gasteiger partial charge is 0.480 e. The van der Waals surface area contributed by atoms with E-state index in [2.05, 4.69) is 0 Å². The fraction of sp³-hybridized carbons (Fsp3) is 0.0625. The molecule has 1 aliphatic rings. The van der Waals surface area contributed by atoms with Crippen LogP contribution in [-0.2, 0) is 9.59 Å². The molecule has 110 valence electrons. The summed E-state index contributed by atoms with van der Waals surface area (Å²) in [5, 5.41) is 12.7. The van der Waals surface area contributed by atoms with Gasteiger partial charge in [0.05, 0.1) is 0 Å². The zero-order chi connectivity index (χ0) is 15.7. The quantitative estimate of drug-likeness (QED) is 0.697. The Balaban J connectivity index is 2.15. The van der Waals surface area contributed by atoms with Crippen LogP contribution in [-0.4, -0.2) is 34.3 Å². The van der Waals surface area contributed by atoms with Crippen molar-refractivity contribution < 1.29 is 19.5 Å². The third-order valence-electron chi connectivity index (χ3n) is 3.32. The standard InChI is InChI=1S/C16H11NO4S/c18-14(19)8-17-15(20)12-4-2-1-3-11(12)13(16(17)21)7-10-5-6-22-9-10/h1-7,9H,8H2,(H,18,19)/b13-7-. The molecular formula is C16H11NO4S. The van der Waals surface area contributed by atoms with Crippen LogP contribution in [0.5, 0.6) is 0 Å². The summed E-state index contributed by atoms with van der Waals surface area (Å²) in [5.41, 5.74) is 2.04. The van der Waals surface area contributed by atoms with Gasteiger partial charge in [-0.1, -0.05) is 18.2 Å². The van der Waals surface area contributed by atoms with E-state index in [1.807, 2.05) is 16.8 Å². The van der Waals surface area contributed by atoms with Crippen molar-refractivity contribution in [3.63, 3.8) is 0 Å². The number of benzene rings is 1. The number of fused-ring (bicyclic) bond motifs is 1. The van der Waals surface area contributed by atoms with Gasteiger partial charge in [0.25, 0.3) is 11.8 Å². The Hall–Kier alpha value is -2.73. The van der Waals surface area contributed by atoms with Gasteiger partial charge in [-0.05, 0) is 40.1 Å². The first kappa shape index (κ1) is 14.2. The van der Waals surface area contributed by atoms with E-state index in [-0.39, 0.29) is 0 Å². The van der Waals surface area contributed by atoms with Gasteiger partial charge in [-0.15, -0.1) is 0 Å². The molecule has 0 atom stereocenters. The minimum Gasteiger partial charge on any atom is -0.480 e. The van der Waals surface area contributed by atoms with Crippen LogP contribution in [0.1, 0.15) is 21.5 Å². The van der Waals surface area contributed by atoms with Gasteiger partial charge < -0.3 is 5.11 Å². The summed E-state index contributed by atoms with van der Waals surface area (Å²) in [5.74, 6) is -2.39. The SMILES string of the molecule is O=C(O)CN1C(=O)/C(=C\c2ccsc2)c2ccccc2C1=O. The number of rotatable bonds is 3. The van der Waals surface area contributed by atoms with Crippen LogP contribution in [0.25, 0.3) is 11.6 Å². The summed E-state index contributed by atoms with van der Waals surface area (Å²) < 4.78 is 0. The molecule has 0 bridgehead atoms. The van der Waals surface area contributed by atoms with E-state index >= 15 is 0 Å². The van der Waals surface area contributed by atoms with Crippen molar-refractivity contribution in [1.29, 1.82) is 0 Å². The van der Waals surface area contributed by atoms with Crippen LogP contribution >= 0.6 is 11.3 Å². The summed E-state index contributed by atoms with van der Waals surface area (Å²) in [6.07, 6.45) is 1.68. The first-order valence-electron chi connectivity index (χ1n) is 6.49. The van der Waals surface area contributed by atoms with Gasteiger partial charge in [0.15, 0.2) is 0 Å². The van der Waals surface area contributed by atoms with Crippen molar-refractivity contribution in [3.05, 3.63) is 57.8 Å². The molecule has 6 heteroatoms. The molecule has 3 rings (SSSR count). The minimum absolute atomic E-state index is 0.329. The van der Waals surface area contributed by atoms with E-state index in [0.29, 0.717) is 16.7 Å². The molecule has 1 aromatic heterocycles. The lowest BCUT2D eigenvalue weighted by atomic mass is 9.92. The van der Waals surface area contributed by atoms with E-state index < -0.39 is 24.3 Å². The molecule has 1 N–H and O–H groups in total. The van der Waals surface area contributed by atoms with Gasteiger partial charge in [0, 0.05) is 11.1 Å². The summed E-state index contributed by atoms with van der Waals surface area (Å²) >= 11 is 1.49. The Bertz CT molecular complexity index is 792. The first-order valence-corrected chi connectivity index (χ1v) is 7.43. The van der Waals surface area contributed by atoms with Crippen LogP contribution < -0.4 is 0 Å². The zero-order valence-electron chi connectivity index (χ0n) is 11.4. The fourth-order valence-electron chi connectivity index (χ4n) is 2.34. The third kappa shape index (κ3) is 2.44. The summed E-state index contributed by atoms with van der Waals surface area (Å²) in [4.78, 5) is 36.6. The maximum absolute atomic E-state index is 12.5. The van der Waals surface area contributed by atoms with Gasteiger partial charge in [0.1, 0.15) is 6.54 Å². The van der Waals surface area contributed by atoms with Crippen molar-refractivity contribution in [2.24, 2.45) is 0 Å². The average molecular weight is 313 g/mol. The monoisotopic (exact) mass is 313 g/mol. The van der Waals surface area contributed by atoms with Crippen LogP contribution in [0.2, 0.25) is 0 Å². The molecule has 0 radical (unpaired) electrons. The number of imide groups is 1. The highest BCUT2D eigenvalue weighted by Gasteiger charge is 2.35. The van der Waals surface area contributed by atoms with E-state index in [4.69, 9.17) is 5.11 Å². The summed E-state index contributed by atoms with van der Waals surface area (Å²) in [6.45, 7) is -0.646. The summed E-state index contributed by atoms with van der Waals surface area (Å²) in [6, 6.07) is 8.58. The molecule has 0 saturated carbocycles. The number of carboxylic acid groups (broad SMARTS) is 1. The third-order valence-corrected chi connectivity index (χ3v) is 4.02. The lowest BCUT2D eigenvalue weighted by molar-refractivity contribution is -0.141. The molecule has 0 aliphatic carbocycles. The molecule has 1 aliphatic heterocycles. The van der Waals surface area contributed by atoms with E-state index in [1.54, 1.807) is 30.3 Å². The lowest BCUT2D eigenvalue weighted by Crippen LogP contribution is -2.44. The van der Waals surface area contributed by atoms with Crippen LogP contribution in [0.3, 0.4) is 0 Å². The Morgan fingerprint density at radius 1 is 1.14 bits per heavy atom. The van der Waals surface area contributed by atoms with Crippen molar-refractivity contribution in [3.8, 4) is 0 Å². The number of aliphatic carboxylic acids is 1. The molecule has 0 fully saturated rings. The second-order valence-corrected chi connectivity index (χ2v) is 5.53. The van der Waals surface area contributed by atoms with E-state index in [9.17, 15) is 14.4 Å². The van der Waals surface area contributed by atoms with Crippen LogP contribution in [0.15, 0.2) is 41.1 Å². The van der Waals surface area contributed by atoms with Crippen molar-refractivity contribution in [1.82, 2.24) is 4.90 Å². The Labute approximate surface area is 130 Å². The Morgan fingerprint density at radius 2 is 1.86 bits per heavy atom. The normalized spacial score (nSPS) is 16.0. The minimum atomic E-state index is -1.23. The smallest absolute Gasteiger partial charge is 0.323 e. The van der Waals surface area contributed by atoms with Crippen molar-refractivity contribution in [2.75, 3.05) is 6.54 Å². The second-order valence-electron chi connectivity index (χ2n) is 4.75. The molecule has 2 heterocycles. The number of amides is 2. The maximum atomic E-state index is 12.5. The first-order chi connectivity index (χ1) is 10.6. The predicted molar refractivity (Wildman–Crippen MR) is 82.3 cm³/mol. The van der Waals surface area contributed by atoms with E-state index in [1.165, 1.54) is 11.3 Å². The highest BCUT2D eigenvalue weighted by Crippen LogP contribution is 2.30. The van der Waals surface area contributed by atoms with Gasteiger partial charge in [-0.2, -0.15) is 11.3 Å². The number of hydrogen-bond donors (Lipinski definition) is 1. The molecule has 22 heavy (non-hydrogen) atoms. The second kappa shape index (κ2) is 5.57. The Kier molecular flexibility index (Phi) is 3.60. The number of carboxylic acids is 1. The highest BCUT2D eigenvalue weighted by atomic mass is 32.1. The highest BCUT2D eigenvalue weighted by molar-refractivity contribution is 7.08. The number of nitrogens with zero attached hydrogens (tertiary/aromatic N) is 1. The molecule has 5 nitrogen and oxygen atoms in total. The van der Waals surface area contributed by atoms with Gasteiger partial charge >= 0.3 is 5.97 Å².